The number of hydrogen-bond acceptors (Lipinski definition) is 3. The normalized spacial score (nSPS) is 17.2. The number of methoxy groups -OCH3 is 2. The third kappa shape index (κ3) is 5.13. The third-order valence-electron chi connectivity index (χ3n) is 5.07. The van der Waals surface area contributed by atoms with Crippen molar-refractivity contribution < 1.29 is 14.3 Å². The molecule has 27 heavy (non-hydrogen) atoms. The number of rotatable bonds is 7. The van der Waals surface area contributed by atoms with Gasteiger partial charge in [0.25, 0.3) is 0 Å². The first-order chi connectivity index (χ1) is 13.2. The van der Waals surface area contributed by atoms with Crippen molar-refractivity contribution in [2.45, 2.75) is 31.7 Å². The summed E-state index contributed by atoms with van der Waals surface area (Å²) in [7, 11) is 3.32. The second-order valence-corrected chi connectivity index (χ2v) is 6.87. The van der Waals surface area contributed by atoms with Crippen LogP contribution in [0.1, 0.15) is 36.4 Å². The molecule has 142 valence electrons. The van der Waals surface area contributed by atoms with Crippen LogP contribution in [0.15, 0.2) is 60.7 Å². The molecular formula is C23H27NO3. The smallest absolute Gasteiger partial charge is 0.223 e. The van der Waals surface area contributed by atoms with Crippen LogP contribution in [0.4, 0.5) is 0 Å². The van der Waals surface area contributed by atoms with Gasteiger partial charge in [0.2, 0.25) is 5.91 Å². The Morgan fingerprint density at radius 2 is 1.63 bits per heavy atom. The maximum Gasteiger partial charge on any atom is 0.223 e. The molecule has 0 heterocycles. The first-order valence-electron chi connectivity index (χ1n) is 9.42. The molecule has 4 nitrogen and oxygen atoms in total. The highest BCUT2D eigenvalue weighted by molar-refractivity contribution is 5.79. The molecular weight excluding hydrogens is 338 g/mol. The standard InChI is InChI=1S/C23H27NO3/c1-26-20-12-8-17(9-13-20)16-22(18-10-14-21(27-2)15-11-18)24-23(25)19-6-4-3-5-7-19/h3-4,8-15,19,22H,5-7,16H2,1-2H3,(H,24,25)/t19-,22+/m1/s1. The van der Waals surface area contributed by atoms with Crippen LogP contribution < -0.4 is 14.8 Å². The monoisotopic (exact) mass is 365 g/mol. The van der Waals surface area contributed by atoms with Gasteiger partial charge in [0.15, 0.2) is 0 Å². The lowest BCUT2D eigenvalue weighted by atomic mass is 9.92. The van der Waals surface area contributed by atoms with Gasteiger partial charge in [-0.25, -0.2) is 0 Å². The molecule has 2 aromatic rings. The van der Waals surface area contributed by atoms with Gasteiger partial charge in [-0.15, -0.1) is 0 Å². The molecule has 0 unspecified atom stereocenters. The Labute approximate surface area is 161 Å². The van der Waals surface area contributed by atoms with Crippen molar-refractivity contribution in [3.8, 4) is 11.5 Å². The first-order valence-corrected chi connectivity index (χ1v) is 9.42. The average Bonchev–Trinajstić information content (AvgIpc) is 2.74. The molecule has 2 atom stereocenters. The maximum absolute atomic E-state index is 12.8. The van der Waals surface area contributed by atoms with E-state index in [0.29, 0.717) is 0 Å². The molecule has 1 N–H and O–H groups in total. The molecule has 0 spiro atoms. The second-order valence-electron chi connectivity index (χ2n) is 6.87. The summed E-state index contributed by atoms with van der Waals surface area (Å²) in [6.07, 6.45) is 7.71. The summed E-state index contributed by atoms with van der Waals surface area (Å²) in [5.41, 5.74) is 2.23. The zero-order valence-electron chi connectivity index (χ0n) is 16.0. The molecule has 1 aliphatic carbocycles. The van der Waals surface area contributed by atoms with Gasteiger partial charge in [-0.3, -0.25) is 4.79 Å². The van der Waals surface area contributed by atoms with Crippen LogP contribution in [0, 0.1) is 5.92 Å². The van der Waals surface area contributed by atoms with Crippen LogP contribution in [-0.2, 0) is 11.2 Å². The Kier molecular flexibility index (Phi) is 6.53. The van der Waals surface area contributed by atoms with Crippen LogP contribution in [0.2, 0.25) is 0 Å². The molecule has 0 bridgehead atoms. The van der Waals surface area contributed by atoms with E-state index in [4.69, 9.17) is 9.47 Å². The average molecular weight is 365 g/mol. The molecule has 0 aromatic heterocycles. The van der Waals surface area contributed by atoms with E-state index in [-0.39, 0.29) is 17.9 Å². The number of ether oxygens (including phenoxy) is 2. The lowest BCUT2D eigenvalue weighted by Crippen LogP contribution is -2.35. The summed E-state index contributed by atoms with van der Waals surface area (Å²) in [6, 6.07) is 15.8. The fourth-order valence-corrected chi connectivity index (χ4v) is 3.41. The summed E-state index contributed by atoms with van der Waals surface area (Å²) >= 11 is 0. The number of carbonyl (C=O) groups is 1. The zero-order chi connectivity index (χ0) is 19.1. The van der Waals surface area contributed by atoms with Crippen molar-refractivity contribution in [3.05, 3.63) is 71.8 Å². The van der Waals surface area contributed by atoms with E-state index in [9.17, 15) is 4.79 Å². The van der Waals surface area contributed by atoms with E-state index in [1.165, 1.54) is 0 Å². The molecule has 1 amide bonds. The highest BCUT2D eigenvalue weighted by Crippen LogP contribution is 2.25. The van der Waals surface area contributed by atoms with E-state index in [1.54, 1.807) is 14.2 Å². The van der Waals surface area contributed by atoms with Gasteiger partial charge >= 0.3 is 0 Å². The highest BCUT2D eigenvalue weighted by atomic mass is 16.5. The Bertz CT molecular complexity index is 765. The van der Waals surface area contributed by atoms with Crippen LogP contribution in [0.25, 0.3) is 0 Å². The number of amides is 1. The Balaban J connectivity index is 1.78. The van der Waals surface area contributed by atoms with E-state index < -0.39 is 0 Å². The number of benzene rings is 2. The van der Waals surface area contributed by atoms with Gasteiger partial charge in [-0.2, -0.15) is 0 Å². The van der Waals surface area contributed by atoms with E-state index in [0.717, 1.165) is 48.3 Å². The van der Waals surface area contributed by atoms with Crippen LogP contribution >= 0.6 is 0 Å². The summed E-state index contributed by atoms with van der Waals surface area (Å²) in [5, 5.41) is 3.27. The largest absolute Gasteiger partial charge is 0.497 e. The predicted molar refractivity (Wildman–Crippen MR) is 107 cm³/mol. The topological polar surface area (TPSA) is 47.6 Å². The number of allylic oxidation sites excluding steroid dienone is 2. The Morgan fingerprint density at radius 3 is 2.19 bits per heavy atom. The predicted octanol–water partition coefficient (Wildman–Crippen LogP) is 4.46. The second kappa shape index (κ2) is 9.26. The quantitative estimate of drug-likeness (QED) is 0.737. The minimum absolute atomic E-state index is 0.0617. The maximum atomic E-state index is 12.8. The molecule has 2 aromatic carbocycles. The van der Waals surface area contributed by atoms with E-state index in [2.05, 4.69) is 17.5 Å². The molecule has 0 aliphatic heterocycles. The van der Waals surface area contributed by atoms with Crippen LogP contribution in [-0.4, -0.2) is 20.1 Å². The molecule has 4 heteroatoms. The minimum Gasteiger partial charge on any atom is -0.497 e. The van der Waals surface area contributed by atoms with Crippen molar-refractivity contribution in [2.24, 2.45) is 5.92 Å². The van der Waals surface area contributed by atoms with Crippen LogP contribution in [0.5, 0.6) is 11.5 Å². The van der Waals surface area contributed by atoms with Crippen molar-refractivity contribution in [3.63, 3.8) is 0 Å². The summed E-state index contributed by atoms with van der Waals surface area (Å²) in [5.74, 6) is 1.84. The van der Waals surface area contributed by atoms with Gasteiger partial charge in [-0.1, -0.05) is 36.4 Å². The molecule has 3 rings (SSSR count). The molecule has 0 fully saturated rings. The van der Waals surface area contributed by atoms with Crippen molar-refractivity contribution in [1.82, 2.24) is 5.32 Å². The van der Waals surface area contributed by atoms with Crippen molar-refractivity contribution in [2.75, 3.05) is 14.2 Å². The highest BCUT2D eigenvalue weighted by Gasteiger charge is 2.23. The summed E-state index contributed by atoms with van der Waals surface area (Å²) < 4.78 is 10.5. The SMILES string of the molecule is COc1ccc(C[C@H](NC(=O)[C@@H]2CC=CCC2)c2ccc(OC)cc2)cc1. The molecule has 0 radical (unpaired) electrons. The first kappa shape index (κ1) is 19.0. The molecule has 0 saturated heterocycles. The summed E-state index contributed by atoms with van der Waals surface area (Å²) in [6.45, 7) is 0. The lowest BCUT2D eigenvalue weighted by Gasteiger charge is -2.24. The van der Waals surface area contributed by atoms with Gasteiger partial charge in [0.05, 0.1) is 20.3 Å². The van der Waals surface area contributed by atoms with Gasteiger partial charge < -0.3 is 14.8 Å². The van der Waals surface area contributed by atoms with Crippen molar-refractivity contribution >= 4 is 5.91 Å². The fraction of sp³-hybridized carbons (Fsp3) is 0.348. The number of hydrogen-bond donors (Lipinski definition) is 1. The molecule has 0 saturated carbocycles. The Morgan fingerprint density at radius 1 is 1.00 bits per heavy atom. The Hall–Kier alpha value is -2.75. The fourth-order valence-electron chi connectivity index (χ4n) is 3.41. The van der Waals surface area contributed by atoms with E-state index in [1.807, 2.05) is 48.5 Å². The zero-order valence-corrected chi connectivity index (χ0v) is 16.0. The van der Waals surface area contributed by atoms with Gasteiger partial charge in [0, 0.05) is 5.92 Å². The summed E-state index contributed by atoms with van der Waals surface area (Å²) in [4.78, 5) is 12.8. The molecule has 1 aliphatic rings. The lowest BCUT2D eigenvalue weighted by molar-refractivity contribution is -0.126. The van der Waals surface area contributed by atoms with E-state index >= 15 is 0 Å². The van der Waals surface area contributed by atoms with Gasteiger partial charge in [-0.05, 0) is 61.1 Å². The minimum atomic E-state index is -0.0808. The van der Waals surface area contributed by atoms with Crippen molar-refractivity contribution in [1.29, 1.82) is 0 Å². The van der Waals surface area contributed by atoms with Crippen LogP contribution in [0.3, 0.4) is 0 Å². The van der Waals surface area contributed by atoms with Gasteiger partial charge in [0.1, 0.15) is 11.5 Å². The number of nitrogens with one attached hydrogen (secondary N) is 1. The third-order valence-corrected chi connectivity index (χ3v) is 5.07. The number of carbonyl (C=O) groups excluding carboxylic acids is 1.